The minimum atomic E-state index is -1.58. The van der Waals surface area contributed by atoms with Crippen molar-refractivity contribution >= 4 is 5.91 Å². The van der Waals surface area contributed by atoms with E-state index in [0.29, 0.717) is 6.42 Å². The number of aliphatic hydroxyl groups excluding tert-OH is 5. The van der Waals surface area contributed by atoms with E-state index in [1.165, 1.54) is 122 Å². The van der Waals surface area contributed by atoms with E-state index >= 15 is 0 Å². The first kappa shape index (κ1) is 68.9. The molecule has 1 amide bonds. The maximum absolute atomic E-state index is 13.1. The molecule has 0 aliphatic carbocycles. The summed E-state index contributed by atoms with van der Waals surface area (Å²) in [5.74, 6) is -0.197. The van der Waals surface area contributed by atoms with Crippen molar-refractivity contribution in [2.45, 2.75) is 281 Å². The van der Waals surface area contributed by atoms with Crippen LogP contribution in [0.1, 0.15) is 239 Å². The van der Waals surface area contributed by atoms with Gasteiger partial charge < -0.3 is 40.3 Å². The fourth-order valence-corrected chi connectivity index (χ4v) is 8.86. The summed E-state index contributed by atoms with van der Waals surface area (Å²) in [5.41, 5.74) is 0. The normalized spacial score (nSPS) is 19.8. The predicted octanol–water partition coefficient (Wildman–Crippen LogP) is 15.3. The third-order valence-corrected chi connectivity index (χ3v) is 13.6. The van der Waals surface area contributed by atoms with Gasteiger partial charge in [-0.15, -0.1) is 0 Å². The number of allylic oxidation sites excluding steroid dienone is 17. The third kappa shape index (κ3) is 42.0. The fraction of sp³-hybridized carbons (Fsp3) is 0.708. The van der Waals surface area contributed by atoms with Gasteiger partial charge in [-0.3, -0.25) is 4.79 Å². The Labute approximate surface area is 453 Å². The van der Waals surface area contributed by atoms with E-state index in [4.69, 9.17) is 9.47 Å². The van der Waals surface area contributed by atoms with Crippen LogP contribution in [0.4, 0.5) is 0 Å². The van der Waals surface area contributed by atoms with Crippen molar-refractivity contribution < 1.29 is 39.8 Å². The Morgan fingerprint density at radius 1 is 0.473 bits per heavy atom. The SMILES string of the molecule is CC/C=C\C/C=C\C/C=C\C/C=C\C/C=C\C/C=C\C/C=C\CCCCCCCCCCCC(=O)NC(COC1OC(CO)C(O)C(O)C1O)C(O)/C=C/CC/C=C/CCCCCCCCCCCCCCCC. The lowest BCUT2D eigenvalue weighted by Crippen LogP contribution is -2.60. The number of ether oxygens (including phenoxy) is 2. The van der Waals surface area contributed by atoms with Crippen LogP contribution in [-0.4, -0.2) is 87.5 Å². The highest BCUT2D eigenvalue weighted by Gasteiger charge is 2.44. The topological polar surface area (TPSA) is 149 Å². The highest BCUT2D eigenvalue weighted by atomic mass is 16.7. The zero-order valence-corrected chi connectivity index (χ0v) is 47.1. The van der Waals surface area contributed by atoms with E-state index in [0.717, 1.165) is 96.3 Å². The molecule has 1 saturated heterocycles. The summed E-state index contributed by atoms with van der Waals surface area (Å²) >= 11 is 0. The van der Waals surface area contributed by atoms with Gasteiger partial charge in [-0.1, -0.05) is 252 Å². The van der Waals surface area contributed by atoms with Crippen molar-refractivity contribution in [2.24, 2.45) is 0 Å². The standard InChI is InChI=1S/C65H111NO8/c1-3-5-7-9-11-13-15-17-19-21-23-25-26-27-28-29-30-31-32-33-34-35-37-39-41-43-45-47-49-51-53-55-61(69)66-58(57-73-65-64(72)63(71)62(70)60(56-67)74-65)59(68)54-52-50-48-46-44-42-40-38-36-24-22-20-18-16-14-12-10-8-6-4-2/h5,7,11,13,17,19,23,25,27-28,30-31,33-34,44,46,52,54,58-60,62-65,67-68,70-72H,3-4,6,8-10,12,14-16,18,20-22,24,26,29,32,35-43,45,47-51,53,55-57H2,1-2H3,(H,66,69)/b7-5-,13-11-,19-17-,25-23-,28-27-,31-30-,34-33-,46-44+,54-52+. The number of carbonyl (C=O) groups excluding carboxylic acids is 1. The van der Waals surface area contributed by atoms with Gasteiger partial charge in [-0.25, -0.2) is 0 Å². The minimum absolute atomic E-state index is 0.197. The molecule has 6 N–H and O–H groups in total. The predicted molar refractivity (Wildman–Crippen MR) is 313 cm³/mol. The van der Waals surface area contributed by atoms with Gasteiger partial charge in [-0.05, 0) is 89.9 Å². The molecule has 9 heteroatoms. The van der Waals surface area contributed by atoms with Gasteiger partial charge >= 0.3 is 0 Å². The first-order valence-electron chi connectivity index (χ1n) is 30.1. The molecule has 9 nitrogen and oxygen atoms in total. The van der Waals surface area contributed by atoms with Gasteiger partial charge in [0, 0.05) is 6.42 Å². The Morgan fingerprint density at radius 2 is 0.851 bits per heavy atom. The van der Waals surface area contributed by atoms with Gasteiger partial charge in [0.05, 0.1) is 25.4 Å². The van der Waals surface area contributed by atoms with Crippen LogP contribution in [0.25, 0.3) is 0 Å². The van der Waals surface area contributed by atoms with Crippen LogP contribution >= 0.6 is 0 Å². The van der Waals surface area contributed by atoms with E-state index in [1.807, 2.05) is 6.08 Å². The summed E-state index contributed by atoms with van der Waals surface area (Å²) < 4.78 is 11.3. The van der Waals surface area contributed by atoms with Gasteiger partial charge in [0.1, 0.15) is 24.4 Å². The zero-order chi connectivity index (χ0) is 53.6. The molecule has 0 aromatic rings. The van der Waals surface area contributed by atoms with Crippen LogP contribution in [0.2, 0.25) is 0 Å². The second-order valence-corrected chi connectivity index (χ2v) is 20.4. The zero-order valence-electron chi connectivity index (χ0n) is 47.1. The molecule has 0 saturated carbocycles. The Kier molecular flexibility index (Phi) is 49.6. The average Bonchev–Trinajstić information content (AvgIpc) is 3.40. The smallest absolute Gasteiger partial charge is 0.220 e. The van der Waals surface area contributed by atoms with Crippen molar-refractivity contribution in [3.8, 4) is 0 Å². The van der Waals surface area contributed by atoms with Crippen LogP contribution in [0.3, 0.4) is 0 Å². The lowest BCUT2D eigenvalue weighted by atomic mass is 9.99. The Hall–Kier alpha value is -3.15. The first-order chi connectivity index (χ1) is 36.3. The van der Waals surface area contributed by atoms with Crippen LogP contribution in [-0.2, 0) is 14.3 Å². The van der Waals surface area contributed by atoms with E-state index in [1.54, 1.807) is 6.08 Å². The lowest BCUT2D eigenvalue weighted by molar-refractivity contribution is -0.302. The summed E-state index contributed by atoms with van der Waals surface area (Å²) in [4.78, 5) is 13.1. The second-order valence-electron chi connectivity index (χ2n) is 20.4. The average molecular weight is 1030 g/mol. The van der Waals surface area contributed by atoms with Gasteiger partial charge in [0.15, 0.2) is 6.29 Å². The monoisotopic (exact) mass is 1030 g/mol. The van der Waals surface area contributed by atoms with E-state index in [2.05, 4.69) is 116 Å². The Morgan fingerprint density at radius 3 is 1.30 bits per heavy atom. The van der Waals surface area contributed by atoms with E-state index in [9.17, 15) is 30.3 Å². The number of nitrogens with one attached hydrogen (secondary N) is 1. The number of amides is 1. The molecule has 7 atom stereocenters. The van der Waals surface area contributed by atoms with Gasteiger partial charge in [-0.2, -0.15) is 0 Å². The molecule has 0 radical (unpaired) electrons. The molecule has 0 bridgehead atoms. The number of aliphatic hydroxyl groups is 5. The summed E-state index contributed by atoms with van der Waals surface area (Å²) in [5, 5.41) is 54.5. The van der Waals surface area contributed by atoms with Gasteiger partial charge in [0.25, 0.3) is 0 Å². The highest BCUT2D eigenvalue weighted by Crippen LogP contribution is 2.23. The molecule has 0 aromatic carbocycles. The van der Waals surface area contributed by atoms with Crippen LogP contribution in [0.15, 0.2) is 109 Å². The molecule has 1 rings (SSSR count). The number of hydrogen-bond donors (Lipinski definition) is 6. The lowest BCUT2D eigenvalue weighted by Gasteiger charge is -2.40. The van der Waals surface area contributed by atoms with Gasteiger partial charge in [0.2, 0.25) is 5.91 Å². The maximum atomic E-state index is 13.1. The van der Waals surface area contributed by atoms with E-state index in [-0.39, 0.29) is 12.5 Å². The molecule has 1 aliphatic heterocycles. The molecular weight excluding hydrogens is 923 g/mol. The Bertz CT molecular complexity index is 1530. The molecule has 1 aliphatic rings. The molecule has 74 heavy (non-hydrogen) atoms. The molecule has 0 aromatic heterocycles. The summed E-state index contributed by atoms with van der Waals surface area (Å²) in [6.07, 6.45) is 71.5. The largest absolute Gasteiger partial charge is 0.394 e. The number of rotatable bonds is 50. The van der Waals surface area contributed by atoms with Crippen molar-refractivity contribution in [3.05, 3.63) is 109 Å². The number of unbranched alkanes of at least 4 members (excludes halogenated alkanes) is 24. The molecule has 7 unspecified atom stereocenters. The molecular formula is C65H111NO8. The van der Waals surface area contributed by atoms with Crippen molar-refractivity contribution in [3.63, 3.8) is 0 Å². The fourth-order valence-electron chi connectivity index (χ4n) is 8.86. The van der Waals surface area contributed by atoms with Crippen LogP contribution < -0.4 is 5.32 Å². The molecule has 1 fully saturated rings. The van der Waals surface area contributed by atoms with E-state index < -0.39 is 49.5 Å². The number of carbonyl (C=O) groups is 1. The van der Waals surface area contributed by atoms with Crippen molar-refractivity contribution in [1.82, 2.24) is 5.32 Å². The Balaban J connectivity index is 2.24. The summed E-state index contributed by atoms with van der Waals surface area (Å²) in [6, 6.07) is -0.833. The first-order valence-corrected chi connectivity index (χ1v) is 30.1. The third-order valence-electron chi connectivity index (χ3n) is 13.6. The summed E-state index contributed by atoms with van der Waals surface area (Å²) in [7, 11) is 0. The molecule has 424 valence electrons. The molecule has 1 heterocycles. The maximum Gasteiger partial charge on any atom is 0.220 e. The van der Waals surface area contributed by atoms with Crippen LogP contribution in [0, 0.1) is 0 Å². The second kappa shape index (κ2) is 53.3. The van der Waals surface area contributed by atoms with Crippen molar-refractivity contribution in [1.29, 1.82) is 0 Å². The highest BCUT2D eigenvalue weighted by molar-refractivity contribution is 5.76. The summed E-state index contributed by atoms with van der Waals surface area (Å²) in [6.45, 7) is 3.65. The molecule has 0 spiro atoms. The quantitative estimate of drug-likeness (QED) is 0.0261. The van der Waals surface area contributed by atoms with Crippen LogP contribution in [0.5, 0.6) is 0 Å². The van der Waals surface area contributed by atoms with Crippen molar-refractivity contribution in [2.75, 3.05) is 13.2 Å². The number of hydrogen-bond acceptors (Lipinski definition) is 8. The minimum Gasteiger partial charge on any atom is -0.394 e.